The summed E-state index contributed by atoms with van der Waals surface area (Å²) in [5.74, 6) is 1.73. The van der Waals surface area contributed by atoms with E-state index in [1.807, 2.05) is 19.2 Å². The Kier molecular flexibility index (Phi) is 6.58. The summed E-state index contributed by atoms with van der Waals surface area (Å²) >= 11 is 0. The van der Waals surface area contributed by atoms with Crippen LogP contribution in [0.3, 0.4) is 0 Å². The monoisotopic (exact) mass is 251 g/mol. The number of unbranched alkanes of at least 4 members (excludes halogenated alkanes) is 2. The summed E-state index contributed by atoms with van der Waals surface area (Å²) in [5.41, 5.74) is 1.21. The Morgan fingerprint density at radius 1 is 1.17 bits per heavy atom. The Morgan fingerprint density at radius 2 is 1.94 bits per heavy atom. The van der Waals surface area contributed by atoms with Crippen molar-refractivity contribution in [3.63, 3.8) is 0 Å². The zero-order valence-corrected chi connectivity index (χ0v) is 12.0. The molecule has 0 aliphatic heterocycles. The zero-order chi connectivity index (χ0) is 13.4. The van der Waals surface area contributed by atoms with E-state index in [0.717, 1.165) is 17.9 Å². The molecule has 0 spiro atoms. The quantitative estimate of drug-likeness (QED) is 0.717. The molecule has 1 aromatic carbocycles. The van der Waals surface area contributed by atoms with Crippen LogP contribution in [0.25, 0.3) is 0 Å². The lowest BCUT2D eigenvalue weighted by Gasteiger charge is -2.20. The zero-order valence-electron chi connectivity index (χ0n) is 12.0. The van der Waals surface area contributed by atoms with Crippen LogP contribution >= 0.6 is 0 Å². The molecule has 1 aromatic rings. The highest BCUT2D eigenvalue weighted by Gasteiger charge is 2.14. The summed E-state index contributed by atoms with van der Waals surface area (Å²) in [6.07, 6.45) is 4.89. The Bertz CT molecular complexity index is 352. The smallest absolute Gasteiger partial charge is 0.127 e. The minimum absolute atomic E-state index is 0.345. The largest absolute Gasteiger partial charge is 0.497 e. The summed E-state index contributed by atoms with van der Waals surface area (Å²) in [7, 11) is 5.38. The third-order valence-corrected chi connectivity index (χ3v) is 3.26. The maximum atomic E-state index is 5.46. The van der Waals surface area contributed by atoms with Crippen LogP contribution in [-0.4, -0.2) is 21.3 Å². The molecule has 0 bridgehead atoms. The van der Waals surface area contributed by atoms with Crippen LogP contribution in [0.2, 0.25) is 0 Å². The highest BCUT2D eigenvalue weighted by Crippen LogP contribution is 2.31. The summed E-state index contributed by atoms with van der Waals surface area (Å²) in [6, 6.07) is 6.36. The van der Waals surface area contributed by atoms with Crippen molar-refractivity contribution in [2.45, 2.75) is 38.6 Å². The van der Waals surface area contributed by atoms with Crippen molar-refractivity contribution in [1.29, 1.82) is 0 Å². The lowest BCUT2D eigenvalue weighted by atomic mass is 9.99. The second kappa shape index (κ2) is 7.98. The van der Waals surface area contributed by atoms with Crippen molar-refractivity contribution in [1.82, 2.24) is 5.32 Å². The molecule has 0 heterocycles. The van der Waals surface area contributed by atoms with E-state index in [1.54, 1.807) is 14.2 Å². The van der Waals surface area contributed by atoms with E-state index in [1.165, 1.54) is 24.8 Å². The van der Waals surface area contributed by atoms with Gasteiger partial charge in [0.2, 0.25) is 0 Å². The number of methoxy groups -OCH3 is 2. The van der Waals surface area contributed by atoms with Gasteiger partial charge in [-0.05, 0) is 19.5 Å². The molecule has 1 atom stereocenters. The van der Waals surface area contributed by atoms with Gasteiger partial charge in [-0.2, -0.15) is 0 Å². The van der Waals surface area contributed by atoms with E-state index in [9.17, 15) is 0 Å². The molecule has 1 rings (SSSR count). The van der Waals surface area contributed by atoms with Gasteiger partial charge in [-0.1, -0.05) is 32.3 Å². The molecule has 0 saturated carbocycles. The number of benzene rings is 1. The molecular formula is C15H25NO2. The van der Waals surface area contributed by atoms with Gasteiger partial charge >= 0.3 is 0 Å². The van der Waals surface area contributed by atoms with Gasteiger partial charge < -0.3 is 14.8 Å². The number of nitrogens with one attached hydrogen (secondary N) is 1. The normalized spacial score (nSPS) is 12.2. The van der Waals surface area contributed by atoms with Crippen LogP contribution in [0.4, 0.5) is 0 Å². The van der Waals surface area contributed by atoms with Gasteiger partial charge in [0, 0.05) is 17.7 Å². The molecule has 0 radical (unpaired) electrons. The first-order chi connectivity index (χ1) is 8.76. The summed E-state index contributed by atoms with van der Waals surface area (Å²) in [4.78, 5) is 0. The second-order valence-corrected chi connectivity index (χ2v) is 4.44. The fourth-order valence-corrected chi connectivity index (χ4v) is 2.16. The summed E-state index contributed by atoms with van der Waals surface area (Å²) in [6.45, 7) is 2.22. The van der Waals surface area contributed by atoms with Gasteiger partial charge in [-0.25, -0.2) is 0 Å². The maximum Gasteiger partial charge on any atom is 0.127 e. The van der Waals surface area contributed by atoms with Crippen molar-refractivity contribution < 1.29 is 9.47 Å². The molecular weight excluding hydrogens is 226 g/mol. The van der Waals surface area contributed by atoms with Crippen LogP contribution < -0.4 is 14.8 Å². The average molecular weight is 251 g/mol. The van der Waals surface area contributed by atoms with Crippen molar-refractivity contribution in [3.05, 3.63) is 23.8 Å². The fraction of sp³-hybridized carbons (Fsp3) is 0.600. The molecule has 102 valence electrons. The Hall–Kier alpha value is -1.22. The lowest BCUT2D eigenvalue weighted by molar-refractivity contribution is 0.382. The first-order valence-corrected chi connectivity index (χ1v) is 6.66. The molecule has 0 saturated heterocycles. The van der Waals surface area contributed by atoms with Crippen molar-refractivity contribution in [2.75, 3.05) is 21.3 Å². The predicted octanol–water partition coefficient (Wildman–Crippen LogP) is 3.54. The molecule has 18 heavy (non-hydrogen) atoms. The second-order valence-electron chi connectivity index (χ2n) is 4.44. The number of hydrogen-bond acceptors (Lipinski definition) is 3. The summed E-state index contributed by atoms with van der Waals surface area (Å²) in [5, 5.41) is 3.37. The van der Waals surface area contributed by atoms with E-state index in [2.05, 4.69) is 18.3 Å². The van der Waals surface area contributed by atoms with Gasteiger partial charge in [0.25, 0.3) is 0 Å². The molecule has 0 fully saturated rings. The van der Waals surface area contributed by atoms with E-state index < -0.39 is 0 Å². The maximum absolute atomic E-state index is 5.46. The Labute approximate surface area is 110 Å². The van der Waals surface area contributed by atoms with Gasteiger partial charge in [-0.3, -0.25) is 0 Å². The number of rotatable bonds is 8. The fourth-order valence-electron chi connectivity index (χ4n) is 2.16. The van der Waals surface area contributed by atoms with E-state index in [0.29, 0.717) is 6.04 Å². The minimum atomic E-state index is 0.345. The Morgan fingerprint density at radius 3 is 2.50 bits per heavy atom. The van der Waals surface area contributed by atoms with Crippen LogP contribution in [-0.2, 0) is 0 Å². The van der Waals surface area contributed by atoms with E-state index in [-0.39, 0.29) is 0 Å². The molecule has 3 heteroatoms. The lowest BCUT2D eigenvalue weighted by Crippen LogP contribution is -2.17. The van der Waals surface area contributed by atoms with Crippen molar-refractivity contribution in [3.8, 4) is 11.5 Å². The van der Waals surface area contributed by atoms with Gasteiger partial charge in [0.05, 0.1) is 14.2 Å². The van der Waals surface area contributed by atoms with Crippen LogP contribution in [0.15, 0.2) is 18.2 Å². The topological polar surface area (TPSA) is 30.5 Å². The molecule has 0 aliphatic rings. The average Bonchev–Trinajstić information content (AvgIpc) is 2.43. The molecule has 0 aliphatic carbocycles. The highest BCUT2D eigenvalue weighted by atomic mass is 16.5. The molecule has 1 unspecified atom stereocenters. The highest BCUT2D eigenvalue weighted by molar-refractivity contribution is 5.42. The molecule has 1 N–H and O–H groups in total. The van der Waals surface area contributed by atoms with Crippen molar-refractivity contribution >= 4 is 0 Å². The first kappa shape index (κ1) is 14.8. The first-order valence-electron chi connectivity index (χ1n) is 6.66. The third-order valence-electron chi connectivity index (χ3n) is 3.26. The molecule has 0 amide bonds. The van der Waals surface area contributed by atoms with Crippen molar-refractivity contribution in [2.24, 2.45) is 0 Å². The number of hydrogen-bond donors (Lipinski definition) is 1. The van der Waals surface area contributed by atoms with E-state index in [4.69, 9.17) is 9.47 Å². The van der Waals surface area contributed by atoms with Gasteiger partial charge in [-0.15, -0.1) is 0 Å². The van der Waals surface area contributed by atoms with Gasteiger partial charge in [0.15, 0.2) is 0 Å². The SMILES string of the molecule is CCCCCC(NC)c1ccc(OC)cc1OC. The van der Waals surface area contributed by atoms with Crippen LogP contribution in [0.5, 0.6) is 11.5 Å². The molecule has 3 nitrogen and oxygen atoms in total. The van der Waals surface area contributed by atoms with Gasteiger partial charge in [0.1, 0.15) is 11.5 Å². The minimum Gasteiger partial charge on any atom is -0.497 e. The molecule has 0 aromatic heterocycles. The third kappa shape index (κ3) is 3.91. The van der Waals surface area contributed by atoms with Crippen LogP contribution in [0, 0.1) is 0 Å². The van der Waals surface area contributed by atoms with Crippen LogP contribution in [0.1, 0.15) is 44.2 Å². The summed E-state index contributed by atoms with van der Waals surface area (Å²) < 4.78 is 10.7. The Balaban J connectivity index is 2.83. The standard InChI is InChI=1S/C15H25NO2/c1-5-6-7-8-14(16-2)13-10-9-12(17-3)11-15(13)18-4/h9-11,14,16H,5-8H2,1-4H3. The predicted molar refractivity (Wildman–Crippen MR) is 75.5 cm³/mol. The number of ether oxygens (including phenoxy) is 2. The van der Waals surface area contributed by atoms with E-state index >= 15 is 0 Å².